The summed E-state index contributed by atoms with van der Waals surface area (Å²) in [6.07, 6.45) is 6.15. The van der Waals surface area contributed by atoms with E-state index in [0.29, 0.717) is 0 Å². The van der Waals surface area contributed by atoms with Crippen LogP contribution in [-0.4, -0.2) is 22.1 Å². The van der Waals surface area contributed by atoms with E-state index >= 15 is 0 Å². The molecule has 0 atom stereocenters. The molecule has 0 amide bonds. The lowest BCUT2D eigenvalue weighted by Gasteiger charge is -2.32. The lowest BCUT2D eigenvalue weighted by Crippen LogP contribution is -2.47. The average Bonchev–Trinajstić information content (AvgIpc) is 2.45. The standard InChI is InChI=1S/C13H16N4O3/c14-7-10-6-11(17(18)19)8-16-12(10)20-9-13(15)4-2-1-3-5-13/h6,8H,1-5,9,15H2. The van der Waals surface area contributed by atoms with Crippen LogP contribution in [0.4, 0.5) is 5.69 Å². The normalized spacial score (nSPS) is 17.2. The predicted molar refractivity (Wildman–Crippen MR) is 71.1 cm³/mol. The fourth-order valence-electron chi connectivity index (χ4n) is 2.35. The van der Waals surface area contributed by atoms with E-state index in [1.165, 1.54) is 6.42 Å². The fourth-order valence-corrected chi connectivity index (χ4v) is 2.35. The number of nitrogens with zero attached hydrogens (tertiary/aromatic N) is 3. The van der Waals surface area contributed by atoms with Crippen LogP contribution in [0.1, 0.15) is 37.7 Å². The van der Waals surface area contributed by atoms with Crippen molar-refractivity contribution in [1.29, 1.82) is 5.26 Å². The first kappa shape index (κ1) is 14.2. The largest absolute Gasteiger partial charge is 0.475 e. The molecule has 1 aromatic heterocycles. The summed E-state index contributed by atoms with van der Waals surface area (Å²) in [6.45, 7) is 0.270. The molecule has 0 spiro atoms. The molecule has 1 fully saturated rings. The molecular formula is C13H16N4O3. The molecule has 2 N–H and O–H groups in total. The highest BCUT2D eigenvalue weighted by molar-refractivity contribution is 5.45. The number of ether oxygens (including phenoxy) is 1. The lowest BCUT2D eigenvalue weighted by atomic mass is 9.83. The van der Waals surface area contributed by atoms with Crippen LogP contribution in [0.15, 0.2) is 12.3 Å². The Labute approximate surface area is 116 Å². The van der Waals surface area contributed by atoms with E-state index in [9.17, 15) is 10.1 Å². The van der Waals surface area contributed by atoms with Gasteiger partial charge in [-0.05, 0) is 12.8 Å². The van der Waals surface area contributed by atoms with E-state index in [2.05, 4.69) is 4.98 Å². The summed E-state index contributed by atoms with van der Waals surface area (Å²) in [4.78, 5) is 13.9. The van der Waals surface area contributed by atoms with Crippen LogP contribution in [0.25, 0.3) is 0 Å². The van der Waals surface area contributed by atoms with Crippen molar-refractivity contribution in [2.45, 2.75) is 37.6 Å². The van der Waals surface area contributed by atoms with Crippen molar-refractivity contribution in [3.8, 4) is 11.9 Å². The molecule has 1 saturated carbocycles. The van der Waals surface area contributed by atoms with Gasteiger partial charge in [0.25, 0.3) is 5.69 Å². The molecule has 1 aliphatic rings. The number of hydrogen-bond acceptors (Lipinski definition) is 6. The van der Waals surface area contributed by atoms with Gasteiger partial charge in [0.15, 0.2) is 0 Å². The molecule has 1 aromatic rings. The monoisotopic (exact) mass is 276 g/mol. The first-order valence-electron chi connectivity index (χ1n) is 6.50. The third kappa shape index (κ3) is 3.22. The molecule has 1 aliphatic carbocycles. The zero-order chi connectivity index (χ0) is 14.6. The molecule has 0 unspecified atom stereocenters. The number of hydrogen-bond donors (Lipinski definition) is 1. The second-order valence-electron chi connectivity index (χ2n) is 5.13. The Morgan fingerprint density at radius 2 is 2.20 bits per heavy atom. The summed E-state index contributed by atoms with van der Waals surface area (Å²) in [5.41, 5.74) is 5.66. The van der Waals surface area contributed by atoms with E-state index in [4.69, 9.17) is 15.7 Å². The highest BCUT2D eigenvalue weighted by Crippen LogP contribution is 2.27. The molecule has 0 aliphatic heterocycles. The predicted octanol–water partition coefficient (Wildman–Crippen LogP) is 1.90. The second-order valence-corrected chi connectivity index (χ2v) is 5.13. The maximum atomic E-state index is 10.6. The van der Waals surface area contributed by atoms with Crippen LogP contribution < -0.4 is 10.5 Å². The van der Waals surface area contributed by atoms with E-state index < -0.39 is 10.5 Å². The van der Waals surface area contributed by atoms with Gasteiger partial charge in [-0.25, -0.2) is 4.98 Å². The van der Waals surface area contributed by atoms with Gasteiger partial charge in [-0.2, -0.15) is 5.26 Å². The molecule has 20 heavy (non-hydrogen) atoms. The minimum atomic E-state index is -0.594. The van der Waals surface area contributed by atoms with Crippen molar-refractivity contribution in [1.82, 2.24) is 4.98 Å². The van der Waals surface area contributed by atoms with Crippen molar-refractivity contribution in [3.05, 3.63) is 27.9 Å². The van der Waals surface area contributed by atoms with Gasteiger partial charge in [0.2, 0.25) is 5.88 Å². The summed E-state index contributed by atoms with van der Waals surface area (Å²) in [5.74, 6) is 0.105. The van der Waals surface area contributed by atoms with Gasteiger partial charge >= 0.3 is 0 Å². The summed E-state index contributed by atoms with van der Waals surface area (Å²) in [5, 5.41) is 19.6. The molecular weight excluding hydrogens is 260 g/mol. The molecule has 0 aromatic carbocycles. The van der Waals surface area contributed by atoms with E-state index in [-0.39, 0.29) is 23.7 Å². The van der Waals surface area contributed by atoms with Crippen LogP contribution in [-0.2, 0) is 0 Å². The fraction of sp³-hybridized carbons (Fsp3) is 0.538. The molecule has 0 radical (unpaired) electrons. The molecule has 1 heterocycles. The Bertz CT molecular complexity index is 547. The van der Waals surface area contributed by atoms with Gasteiger partial charge in [0.05, 0.1) is 10.5 Å². The van der Waals surface area contributed by atoms with Crippen molar-refractivity contribution in [2.75, 3.05) is 6.61 Å². The summed E-state index contributed by atoms with van der Waals surface area (Å²) in [6, 6.07) is 3.02. The molecule has 0 bridgehead atoms. The zero-order valence-electron chi connectivity index (χ0n) is 11.0. The van der Waals surface area contributed by atoms with Crippen molar-refractivity contribution in [2.24, 2.45) is 5.73 Å². The van der Waals surface area contributed by atoms with Gasteiger partial charge in [0.1, 0.15) is 24.4 Å². The van der Waals surface area contributed by atoms with E-state index in [1.54, 1.807) is 0 Å². The first-order chi connectivity index (χ1) is 9.54. The van der Waals surface area contributed by atoms with Gasteiger partial charge in [0, 0.05) is 6.07 Å². The average molecular weight is 276 g/mol. The van der Waals surface area contributed by atoms with Gasteiger partial charge < -0.3 is 10.5 Å². The van der Waals surface area contributed by atoms with E-state index in [1.807, 2.05) is 6.07 Å². The minimum absolute atomic E-state index is 0.0543. The highest BCUT2D eigenvalue weighted by atomic mass is 16.6. The zero-order valence-corrected chi connectivity index (χ0v) is 11.0. The van der Waals surface area contributed by atoms with Crippen molar-refractivity contribution in [3.63, 3.8) is 0 Å². The van der Waals surface area contributed by atoms with Crippen LogP contribution in [0.5, 0.6) is 5.88 Å². The Hall–Kier alpha value is -2.20. The Morgan fingerprint density at radius 1 is 1.50 bits per heavy atom. The van der Waals surface area contributed by atoms with Crippen LogP contribution >= 0.6 is 0 Å². The molecule has 106 valence electrons. The van der Waals surface area contributed by atoms with Crippen LogP contribution in [0.3, 0.4) is 0 Å². The lowest BCUT2D eigenvalue weighted by molar-refractivity contribution is -0.385. The topological polar surface area (TPSA) is 115 Å². The number of pyridine rings is 1. The Morgan fingerprint density at radius 3 is 2.80 bits per heavy atom. The molecule has 2 rings (SSSR count). The molecule has 7 heteroatoms. The van der Waals surface area contributed by atoms with Crippen molar-refractivity contribution < 1.29 is 9.66 Å². The minimum Gasteiger partial charge on any atom is -0.475 e. The highest BCUT2D eigenvalue weighted by Gasteiger charge is 2.29. The number of nitro groups is 1. The second kappa shape index (κ2) is 5.84. The maximum Gasteiger partial charge on any atom is 0.289 e. The first-order valence-corrected chi connectivity index (χ1v) is 6.50. The van der Waals surface area contributed by atoms with Crippen LogP contribution in [0.2, 0.25) is 0 Å². The van der Waals surface area contributed by atoms with Crippen molar-refractivity contribution >= 4 is 5.69 Å². The Kier molecular flexibility index (Phi) is 4.15. The van der Waals surface area contributed by atoms with Crippen LogP contribution in [0, 0.1) is 21.4 Å². The number of aromatic nitrogens is 1. The number of nitriles is 1. The third-order valence-corrected chi connectivity index (χ3v) is 3.51. The quantitative estimate of drug-likeness (QED) is 0.663. The number of rotatable bonds is 4. The van der Waals surface area contributed by atoms with Gasteiger partial charge in [-0.15, -0.1) is 0 Å². The number of nitrogens with two attached hydrogens (primary N) is 1. The van der Waals surface area contributed by atoms with Gasteiger partial charge in [-0.1, -0.05) is 19.3 Å². The summed E-state index contributed by atoms with van der Waals surface area (Å²) < 4.78 is 5.52. The molecule has 0 saturated heterocycles. The molecule has 7 nitrogen and oxygen atoms in total. The smallest absolute Gasteiger partial charge is 0.289 e. The summed E-state index contributed by atoms with van der Waals surface area (Å²) in [7, 11) is 0. The SMILES string of the molecule is N#Cc1cc([N+](=O)[O-])cnc1OCC1(N)CCCCC1. The van der Waals surface area contributed by atoms with E-state index in [0.717, 1.165) is 37.9 Å². The Balaban J connectivity index is 2.09. The maximum absolute atomic E-state index is 10.6. The third-order valence-electron chi connectivity index (χ3n) is 3.51. The summed E-state index contributed by atoms with van der Waals surface area (Å²) >= 11 is 0. The van der Waals surface area contributed by atoms with Gasteiger partial charge in [-0.3, -0.25) is 10.1 Å².